The number of hydrogen-bond acceptors (Lipinski definition) is 3. The minimum absolute atomic E-state index is 1.09. The molecular formula is C57H47N3. The van der Waals surface area contributed by atoms with E-state index in [0.29, 0.717) is 0 Å². The molecule has 0 bridgehead atoms. The molecule has 1 heterocycles. The van der Waals surface area contributed by atoms with Crippen LogP contribution >= 0.6 is 0 Å². The van der Waals surface area contributed by atoms with Crippen molar-refractivity contribution in [1.82, 2.24) is 4.98 Å². The zero-order valence-corrected chi connectivity index (χ0v) is 34.0. The summed E-state index contributed by atoms with van der Waals surface area (Å²) < 4.78 is 0. The first-order chi connectivity index (χ1) is 29.6. The van der Waals surface area contributed by atoms with Crippen LogP contribution in [0.5, 0.6) is 0 Å². The molecule has 8 aromatic rings. The quantitative estimate of drug-likeness (QED) is 0.109. The fraction of sp³-hybridized carbons (Fsp3) is 0.0351. The first-order valence-corrected chi connectivity index (χ1v) is 20.3. The van der Waals surface area contributed by atoms with Crippen LogP contribution in [0.4, 0.5) is 34.1 Å². The van der Waals surface area contributed by atoms with Crippen LogP contribution in [0.3, 0.4) is 0 Å². The van der Waals surface area contributed by atoms with Crippen LogP contribution in [-0.4, -0.2) is 4.98 Å². The summed E-state index contributed by atoms with van der Waals surface area (Å²) in [5.74, 6) is 0. The topological polar surface area (TPSA) is 19.4 Å². The second kappa shape index (κ2) is 19.1. The highest BCUT2D eigenvalue weighted by Gasteiger charge is 2.15. The number of benzene rings is 7. The molecule has 0 fully saturated rings. The Balaban J connectivity index is 1.05. The Labute approximate surface area is 354 Å². The highest BCUT2D eigenvalue weighted by Crippen LogP contribution is 2.39. The highest BCUT2D eigenvalue weighted by atomic mass is 15.1. The van der Waals surface area contributed by atoms with Crippen molar-refractivity contribution in [2.75, 3.05) is 9.80 Å². The standard InChI is InChI=1S/C57H47N3/c1-44-14-10-24-54(40-44)59(56-26-12-22-48(42-56)20-8-6-18-46-16-4-3-5-17-46)52-32-28-50(29-33-52)51-30-34-53(35-31-51)60(55-25-11-15-45(2)41-55)57-27-13-23-49(43-57)21-9-7-19-47-36-38-58-39-37-47/h3-43H,1-2H3. The van der Waals surface area contributed by atoms with E-state index in [4.69, 9.17) is 0 Å². The Kier molecular flexibility index (Phi) is 12.5. The van der Waals surface area contributed by atoms with Gasteiger partial charge in [0.25, 0.3) is 0 Å². The van der Waals surface area contributed by atoms with Crippen LogP contribution in [0, 0.1) is 13.8 Å². The fourth-order valence-electron chi connectivity index (χ4n) is 7.27. The molecule has 3 nitrogen and oxygen atoms in total. The second-order valence-corrected chi connectivity index (χ2v) is 14.8. The van der Waals surface area contributed by atoms with E-state index in [1.165, 1.54) is 16.7 Å². The largest absolute Gasteiger partial charge is 0.310 e. The zero-order chi connectivity index (χ0) is 40.9. The fourth-order valence-corrected chi connectivity index (χ4v) is 7.27. The Bertz CT molecular complexity index is 2570. The van der Waals surface area contributed by atoms with Crippen LogP contribution in [0.1, 0.15) is 33.4 Å². The molecule has 0 N–H and O–H groups in total. The van der Waals surface area contributed by atoms with E-state index >= 15 is 0 Å². The Hall–Kier alpha value is -7.75. The lowest BCUT2D eigenvalue weighted by molar-refractivity contribution is 1.27. The van der Waals surface area contributed by atoms with Crippen LogP contribution < -0.4 is 9.80 Å². The summed E-state index contributed by atoms with van der Waals surface area (Å²) in [6.07, 6.45) is 20.5. The minimum Gasteiger partial charge on any atom is -0.310 e. The lowest BCUT2D eigenvalue weighted by Gasteiger charge is -2.27. The van der Waals surface area contributed by atoms with E-state index in [1.54, 1.807) is 0 Å². The number of anilines is 6. The van der Waals surface area contributed by atoms with E-state index < -0.39 is 0 Å². The summed E-state index contributed by atoms with van der Waals surface area (Å²) in [4.78, 5) is 8.76. The smallest absolute Gasteiger partial charge is 0.0467 e. The Morgan fingerprint density at radius 1 is 0.317 bits per heavy atom. The molecule has 0 aliphatic rings. The summed E-state index contributed by atoms with van der Waals surface area (Å²) in [5, 5.41) is 0. The molecule has 290 valence electrons. The molecule has 60 heavy (non-hydrogen) atoms. The molecular weight excluding hydrogens is 727 g/mol. The molecule has 8 rings (SSSR count). The van der Waals surface area contributed by atoms with Crippen LogP contribution in [0.2, 0.25) is 0 Å². The second-order valence-electron chi connectivity index (χ2n) is 14.8. The predicted molar refractivity (Wildman–Crippen MR) is 258 cm³/mol. The van der Waals surface area contributed by atoms with Gasteiger partial charge in [-0.2, -0.15) is 0 Å². The molecule has 0 unspecified atom stereocenters. The summed E-state index contributed by atoms with van der Waals surface area (Å²) >= 11 is 0. The van der Waals surface area contributed by atoms with Gasteiger partial charge in [-0.25, -0.2) is 0 Å². The highest BCUT2D eigenvalue weighted by molar-refractivity contribution is 5.82. The van der Waals surface area contributed by atoms with Gasteiger partial charge in [-0.3, -0.25) is 4.98 Å². The molecule has 0 amide bonds. The van der Waals surface area contributed by atoms with Crippen molar-refractivity contribution in [2.45, 2.75) is 13.8 Å². The third kappa shape index (κ3) is 10.0. The van der Waals surface area contributed by atoms with Crippen LogP contribution in [-0.2, 0) is 0 Å². The molecule has 0 radical (unpaired) electrons. The molecule has 1 aromatic heterocycles. The summed E-state index contributed by atoms with van der Waals surface area (Å²) in [6.45, 7) is 4.28. The molecule has 0 atom stereocenters. The van der Waals surface area contributed by atoms with E-state index in [2.05, 4.69) is 247 Å². The van der Waals surface area contributed by atoms with Crippen LogP contribution in [0.25, 0.3) is 35.4 Å². The summed E-state index contributed by atoms with van der Waals surface area (Å²) in [5.41, 5.74) is 15.9. The monoisotopic (exact) mass is 773 g/mol. The van der Waals surface area contributed by atoms with Gasteiger partial charge in [0.05, 0.1) is 0 Å². The van der Waals surface area contributed by atoms with Gasteiger partial charge in [0.15, 0.2) is 0 Å². The molecule has 3 heteroatoms. The molecule has 0 saturated heterocycles. The van der Waals surface area contributed by atoms with Crippen molar-refractivity contribution >= 4 is 58.4 Å². The van der Waals surface area contributed by atoms with Crippen molar-refractivity contribution in [3.05, 3.63) is 258 Å². The third-order valence-corrected chi connectivity index (χ3v) is 10.2. The number of aryl methyl sites for hydroxylation is 2. The first-order valence-electron chi connectivity index (χ1n) is 20.3. The van der Waals surface area contributed by atoms with Gasteiger partial charge < -0.3 is 9.80 Å². The molecule has 0 spiro atoms. The normalized spacial score (nSPS) is 11.6. The van der Waals surface area contributed by atoms with Gasteiger partial charge in [0.2, 0.25) is 0 Å². The maximum atomic E-state index is 4.11. The number of nitrogens with zero attached hydrogens (tertiary/aromatic N) is 3. The van der Waals surface area contributed by atoms with Gasteiger partial charge in [-0.1, -0.05) is 152 Å². The van der Waals surface area contributed by atoms with Crippen molar-refractivity contribution in [3.8, 4) is 11.1 Å². The predicted octanol–water partition coefficient (Wildman–Crippen LogP) is 15.8. The summed E-state index contributed by atoms with van der Waals surface area (Å²) in [6, 6.07) is 66.9. The van der Waals surface area contributed by atoms with Gasteiger partial charge in [-0.05, 0) is 143 Å². The van der Waals surface area contributed by atoms with Crippen LogP contribution in [0.15, 0.2) is 225 Å². The van der Waals surface area contributed by atoms with Gasteiger partial charge in [-0.15, -0.1) is 0 Å². The number of allylic oxidation sites excluding steroid dienone is 4. The van der Waals surface area contributed by atoms with E-state index in [9.17, 15) is 0 Å². The third-order valence-electron chi connectivity index (χ3n) is 10.2. The Morgan fingerprint density at radius 2 is 0.683 bits per heavy atom. The maximum absolute atomic E-state index is 4.11. The maximum Gasteiger partial charge on any atom is 0.0467 e. The van der Waals surface area contributed by atoms with Crippen molar-refractivity contribution in [2.24, 2.45) is 0 Å². The minimum atomic E-state index is 1.09. The average Bonchev–Trinajstić information content (AvgIpc) is 3.29. The number of aromatic nitrogens is 1. The van der Waals surface area contributed by atoms with Gasteiger partial charge >= 0.3 is 0 Å². The average molecular weight is 774 g/mol. The SMILES string of the molecule is Cc1cccc(N(c2ccc(-c3ccc(N(c4cccc(C)c4)c4cccc(C=CC=Cc5ccncc5)c4)cc3)cc2)c2cccc(C=CC=Cc3ccccc3)c2)c1. The van der Waals surface area contributed by atoms with Crippen molar-refractivity contribution in [1.29, 1.82) is 0 Å². The van der Waals surface area contributed by atoms with Gasteiger partial charge in [0.1, 0.15) is 0 Å². The molecule has 0 aliphatic carbocycles. The molecule has 0 saturated carbocycles. The van der Waals surface area contributed by atoms with Gasteiger partial charge in [0, 0.05) is 46.5 Å². The van der Waals surface area contributed by atoms with E-state index in [0.717, 1.165) is 61.9 Å². The van der Waals surface area contributed by atoms with Crippen molar-refractivity contribution < 1.29 is 0 Å². The van der Waals surface area contributed by atoms with E-state index in [1.807, 2.05) is 30.6 Å². The lowest BCUT2D eigenvalue weighted by Crippen LogP contribution is -2.10. The molecule has 0 aliphatic heterocycles. The zero-order valence-electron chi connectivity index (χ0n) is 34.0. The summed E-state index contributed by atoms with van der Waals surface area (Å²) in [7, 11) is 0. The number of pyridine rings is 1. The Morgan fingerprint density at radius 3 is 1.12 bits per heavy atom. The molecule has 7 aromatic carbocycles. The number of rotatable bonds is 13. The lowest BCUT2D eigenvalue weighted by atomic mass is 10.0. The van der Waals surface area contributed by atoms with E-state index in [-0.39, 0.29) is 0 Å². The first kappa shape index (κ1) is 39.1. The number of hydrogen-bond donors (Lipinski definition) is 0. The van der Waals surface area contributed by atoms with Crippen molar-refractivity contribution in [3.63, 3.8) is 0 Å².